The van der Waals surface area contributed by atoms with Crippen molar-refractivity contribution in [3.05, 3.63) is 33.8 Å². The van der Waals surface area contributed by atoms with E-state index in [9.17, 15) is 4.79 Å². The highest BCUT2D eigenvalue weighted by atomic mass is 35.5. The fraction of sp³-hybridized carbons (Fsp3) is 0.462. The third-order valence-electron chi connectivity index (χ3n) is 2.67. The van der Waals surface area contributed by atoms with Crippen LogP contribution in [0.15, 0.2) is 18.2 Å². The molecule has 1 aromatic rings. The molecule has 0 fully saturated rings. The normalized spacial score (nSPS) is 12.2. The molecule has 0 aromatic heterocycles. The van der Waals surface area contributed by atoms with Crippen molar-refractivity contribution in [1.82, 2.24) is 0 Å². The summed E-state index contributed by atoms with van der Waals surface area (Å²) in [6, 6.07) is 5.19. The number of hydrogen-bond acceptors (Lipinski definition) is 2. The van der Waals surface area contributed by atoms with Gasteiger partial charge in [-0.15, -0.1) is 0 Å². The zero-order valence-electron chi connectivity index (χ0n) is 10.0. The van der Waals surface area contributed by atoms with E-state index >= 15 is 0 Å². The lowest BCUT2D eigenvalue weighted by atomic mass is 9.93. The largest absolute Gasteiger partial charge is 0.469 e. The summed E-state index contributed by atoms with van der Waals surface area (Å²) < 4.78 is 4.82. The van der Waals surface area contributed by atoms with E-state index in [1.165, 1.54) is 7.11 Å². The Kier molecular flexibility index (Phi) is 5.79. The van der Waals surface area contributed by atoms with Crippen LogP contribution in [0.1, 0.15) is 37.7 Å². The number of carbonyl (C=O) groups excluding carboxylic acids is 1. The van der Waals surface area contributed by atoms with Gasteiger partial charge in [-0.1, -0.05) is 49.0 Å². The minimum Gasteiger partial charge on any atom is -0.469 e. The highest BCUT2D eigenvalue weighted by molar-refractivity contribution is 6.35. The fourth-order valence-electron chi connectivity index (χ4n) is 1.73. The van der Waals surface area contributed by atoms with Gasteiger partial charge in [-0.25, -0.2) is 0 Å². The Balaban J connectivity index is 2.99. The van der Waals surface area contributed by atoms with Gasteiger partial charge in [0, 0.05) is 10.0 Å². The highest BCUT2D eigenvalue weighted by Crippen LogP contribution is 2.31. The molecule has 0 saturated heterocycles. The molecule has 0 aliphatic heterocycles. The van der Waals surface area contributed by atoms with E-state index in [4.69, 9.17) is 27.9 Å². The van der Waals surface area contributed by atoms with Crippen molar-refractivity contribution in [3.63, 3.8) is 0 Å². The number of halogens is 2. The second-order valence-electron chi connectivity index (χ2n) is 3.88. The molecule has 0 spiro atoms. The minimum atomic E-state index is -0.301. The summed E-state index contributed by atoms with van der Waals surface area (Å²) in [6.45, 7) is 2.08. The first-order chi connectivity index (χ1) is 8.10. The maximum Gasteiger partial charge on any atom is 0.313 e. The average molecular weight is 275 g/mol. The van der Waals surface area contributed by atoms with E-state index in [0.717, 1.165) is 24.8 Å². The summed E-state index contributed by atoms with van der Waals surface area (Å²) in [5.74, 6) is -0.549. The maximum absolute atomic E-state index is 11.7. The summed E-state index contributed by atoms with van der Waals surface area (Å²) in [5, 5.41) is 1.09. The summed E-state index contributed by atoms with van der Waals surface area (Å²) >= 11 is 12.0. The number of methoxy groups -OCH3 is 1. The molecule has 0 aliphatic rings. The van der Waals surface area contributed by atoms with Crippen molar-refractivity contribution in [2.75, 3.05) is 7.11 Å². The molecule has 1 unspecified atom stereocenters. The van der Waals surface area contributed by atoms with Crippen LogP contribution in [0.25, 0.3) is 0 Å². The Hall–Kier alpha value is -0.730. The van der Waals surface area contributed by atoms with Gasteiger partial charge in [0.1, 0.15) is 0 Å². The molecule has 1 atom stereocenters. The Morgan fingerprint density at radius 2 is 2.12 bits per heavy atom. The van der Waals surface area contributed by atoms with Crippen molar-refractivity contribution >= 4 is 29.2 Å². The third kappa shape index (κ3) is 3.90. The van der Waals surface area contributed by atoms with Crippen molar-refractivity contribution in [1.29, 1.82) is 0 Å². The van der Waals surface area contributed by atoms with Gasteiger partial charge in [0.25, 0.3) is 0 Å². The summed E-state index contributed by atoms with van der Waals surface area (Å²) in [4.78, 5) is 11.7. The number of carbonyl (C=O) groups is 1. The van der Waals surface area contributed by atoms with E-state index in [1.54, 1.807) is 18.2 Å². The first-order valence-electron chi connectivity index (χ1n) is 5.63. The summed E-state index contributed by atoms with van der Waals surface area (Å²) in [5.41, 5.74) is 0.788. The van der Waals surface area contributed by atoms with Crippen LogP contribution in [0.3, 0.4) is 0 Å². The van der Waals surface area contributed by atoms with Crippen LogP contribution in [-0.4, -0.2) is 13.1 Å². The van der Waals surface area contributed by atoms with Gasteiger partial charge in [0.15, 0.2) is 0 Å². The van der Waals surface area contributed by atoms with Crippen molar-refractivity contribution in [2.24, 2.45) is 0 Å². The predicted octanol–water partition coefficient (Wildman–Crippen LogP) is 4.44. The molecule has 0 amide bonds. The molecule has 94 valence electrons. The van der Waals surface area contributed by atoms with Crippen LogP contribution in [0, 0.1) is 0 Å². The number of esters is 1. The van der Waals surface area contributed by atoms with Crippen molar-refractivity contribution < 1.29 is 9.53 Å². The topological polar surface area (TPSA) is 26.3 Å². The molecule has 0 aliphatic carbocycles. The van der Waals surface area contributed by atoms with E-state index in [2.05, 4.69) is 6.92 Å². The molecule has 1 rings (SSSR count). The first kappa shape index (κ1) is 14.3. The molecule has 0 radical (unpaired) electrons. The Morgan fingerprint density at radius 1 is 1.41 bits per heavy atom. The molecule has 0 N–H and O–H groups in total. The number of ether oxygens (including phenoxy) is 1. The van der Waals surface area contributed by atoms with Crippen LogP contribution < -0.4 is 0 Å². The van der Waals surface area contributed by atoms with Gasteiger partial charge in [0.05, 0.1) is 13.0 Å². The highest BCUT2D eigenvalue weighted by Gasteiger charge is 2.23. The number of hydrogen-bond donors (Lipinski definition) is 0. The predicted molar refractivity (Wildman–Crippen MR) is 70.7 cm³/mol. The van der Waals surface area contributed by atoms with Gasteiger partial charge >= 0.3 is 5.97 Å². The van der Waals surface area contributed by atoms with E-state index in [1.807, 2.05) is 0 Å². The number of unbranched alkanes of at least 4 members (excludes halogenated alkanes) is 1. The monoisotopic (exact) mass is 274 g/mol. The first-order valence-corrected chi connectivity index (χ1v) is 6.38. The van der Waals surface area contributed by atoms with Crippen LogP contribution in [0.4, 0.5) is 0 Å². The fourth-order valence-corrected chi connectivity index (χ4v) is 2.28. The van der Waals surface area contributed by atoms with Crippen molar-refractivity contribution in [2.45, 2.75) is 32.1 Å². The SMILES string of the molecule is CCCCC(C(=O)OC)c1ccc(Cl)cc1Cl. The Labute approximate surface area is 112 Å². The van der Waals surface area contributed by atoms with Gasteiger partial charge in [-0.2, -0.15) is 0 Å². The maximum atomic E-state index is 11.7. The van der Waals surface area contributed by atoms with Crippen LogP contribution in [0.5, 0.6) is 0 Å². The molecule has 0 heterocycles. The molecule has 4 heteroatoms. The lowest BCUT2D eigenvalue weighted by Gasteiger charge is -2.16. The van der Waals surface area contributed by atoms with Gasteiger partial charge in [-0.3, -0.25) is 4.79 Å². The average Bonchev–Trinajstić information content (AvgIpc) is 2.31. The smallest absolute Gasteiger partial charge is 0.313 e. The van der Waals surface area contributed by atoms with Crippen molar-refractivity contribution in [3.8, 4) is 0 Å². The van der Waals surface area contributed by atoms with E-state index in [0.29, 0.717) is 10.0 Å². The zero-order valence-corrected chi connectivity index (χ0v) is 11.5. The molecule has 1 aromatic carbocycles. The molecular weight excluding hydrogens is 259 g/mol. The van der Waals surface area contributed by atoms with E-state index < -0.39 is 0 Å². The lowest BCUT2D eigenvalue weighted by Crippen LogP contribution is -2.14. The zero-order chi connectivity index (χ0) is 12.8. The summed E-state index contributed by atoms with van der Waals surface area (Å²) in [6.07, 6.45) is 2.72. The third-order valence-corrected chi connectivity index (χ3v) is 3.23. The standard InChI is InChI=1S/C13H16Cl2O2/c1-3-4-5-11(13(16)17-2)10-7-6-9(14)8-12(10)15/h6-8,11H,3-5H2,1-2H3. The second kappa shape index (κ2) is 6.87. The Bertz CT molecular complexity index is 391. The number of benzene rings is 1. The molecule has 0 bridgehead atoms. The minimum absolute atomic E-state index is 0.248. The van der Waals surface area contributed by atoms with E-state index in [-0.39, 0.29) is 11.9 Å². The molecule has 2 nitrogen and oxygen atoms in total. The van der Waals surface area contributed by atoms with Crippen LogP contribution in [-0.2, 0) is 9.53 Å². The Morgan fingerprint density at radius 3 is 2.65 bits per heavy atom. The van der Waals surface area contributed by atoms with Crippen LogP contribution in [0.2, 0.25) is 10.0 Å². The van der Waals surface area contributed by atoms with Gasteiger partial charge in [0.2, 0.25) is 0 Å². The van der Waals surface area contributed by atoms with Gasteiger partial charge in [-0.05, 0) is 24.1 Å². The van der Waals surface area contributed by atoms with Gasteiger partial charge < -0.3 is 4.74 Å². The molecular formula is C13H16Cl2O2. The number of rotatable bonds is 5. The quantitative estimate of drug-likeness (QED) is 0.742. The van der Waals surface area contributed by atoms with Crippen LogP contribution >= 0.6 is 23.2 Å². The lowest BCUT2D eigenvalue weighted by molar-refractivity contribution is -0.142. The summed E-state index contributed by atoms with van der Waals surface area (Å²) in [7, 11) is 1.39. The molecule has 0 saturated carbocycles. The molecule has 17 heavy (non-hydrogen) atoms. The second-order valence-corrected chi connectivity index (χ2v) is 4.73.